The molecule has 0 aromatic heterocycles. The van der Waals surface area contributed by atoms with Crippen LogP contribution in [-0.4, -0.2) is 22.0 Å². The van der Waals surface area contributed by atoms with Crippen molar-refractivity contribution < 1.29 is 9.90 Å². The molecule has 0 bridgehead atoms. The summed E-state index contributed by atoms with van der Waals surface area (Å²) < 4.78 is 1.22. The fraction of sp³-hybridized carbons (Fsp3) is 0.222. The molecule has 0 fully saturated rings. The van der Waals surface area contributed by atoms with Crippen LogP contribution in [0.2, 0.25) is 5.02 Å². The SMILES string of the molecule is CCN(Sc1ccccc1Cl)C(=O)O. The molecule has 0 spiro atoms. The highest BCUT2D eigenvalue weighted by atomic mass is 35.5. The summed E-state index contributed by atoms with van der Waals surface area (Å²) in [7, 11) is 0. The number of carboxylic acid groups (broad SMARTS) is 1. The first-order chi connectivity index (χ1) is 6.65. The largest absolute Gasteiger partial charge is 0.464 e. The number of rotatable bonds is 3. The van der Waals surface area contributed by atoms with Crippen molar-refractivity contribution in [2.75, 3.05) is 6.54 Å². The summed E-state index contributed by atoms with van der Waals surface area (Å²) in [5, 5.41) is 9.35. The molecular formula is C9H10ClNO2S. The van der Waals surface area contributed by atoms with Crippen molar-refractivity contribution in [1.82, 2.24) is 4.31 Å². The van der Waals surface area contributed by atoms with Crippen LogP contribution in [0.5, 0.6) is 0 Å². The lowest BCUT2D eigenvalue weighted by Gasteiger charge is -2.15. The first kappa shape index (κ1) is 11.2. The van der Waals surface area contributed by atoms with Crippen LogP contribution < -0.4 is 0 Å². The van der Waals surface area contributed by atoms with E-state index in [0.717, 1.165) is 16.8 Å². The lowest BCUT2D eigenvalue weighted by atomic mass is 10.4. The van der Waals surface area contributed by atoms with E-state index in [4.69, 9.17) is 16.7 Å². The van der Waals surface area contributed by atoms with E-state index in [1.807, 2.05) is 12.1 Å². The quantitative estimate of drug-likeness (QED) is 0.811. The van der Waals surface area contributed by atoms with E-state index >= 15 is 0 Å². The Hall–Kier alpha value is -0.870. The van der Waals surface area contributed by atoms with Gasteiger partial charge in [-0.3, -0.25) is 0 Å². The van der Waals surface area contributed by atoms with Crippen LogP contribution in [0.1, 0.15) is 6.92 Å². The van der Waals surface area contributed by atoms with Gasteiger partial charge in [0.2, 0.25) is 0 Å². The average Bonchev–Trinajstić information content (AvgIpc) is 2.16. The minimum absolute atomic E-state index is 0.422. The second kappa shape index (κ2) is 5.12. The van der Waals surface area contributed by atoms with Crippen molar-refractivity contribution in [2.45, 2.75) is 11.8 Å². The molecule has 1 rings (SSSR count). The molecule has 0 unspecified atom stereocenters. The lowest BCUT2D eigenvalue weighted by Crippen LogP contribution is -2.21. The molecule has 0 aliphatic heterocycles. The van der Waals surface area contributed by atoms with Gasteiger partial charge in [-0.05, 0) is 31.0 Å². The molecule has 1 amide bonds. The maximum absolute atomic E-state index is 10.7. The van der Waals surface area contributed by atoms with Crippen LogP contribution in [0.15, 0.2) is 29.2 Å². The number of benzene rings is 1. The van der Waals surface area contributed by atoms with E-state index in [2.05, 4.69) is 0 Å². The molecule has 0 atom stereocenters. The molecule has 76 valence electrons. The molecule has 5 heteroatoms. The van der Waals surface area contributed by atoms with Gasteiger partial charge in [-0.2, -0.15) is 0 Å². The molecule has 1 N–H and O–H groups in total. The zero-order valence-electron chi connectivity index (χ0n) is 7.61. The summed E-state index contributed by atoms with van der Waals surface area (Å²) >= 11 is 7.01. The lowest BCUT2D eigenvalue weighted by molar-refractivity contribution is 0.176. The summed E-state index contributed by atoms with van der Waals surface area (Å²) in [5.74, 6) is 0. The Kier molecular flexibility index (Phi) is 4.10. The smallest absolute Gasteiger partial charge is 0.417 e. The predicted octanol–water partition coefficient (Wildman–Crippen LogP) is 3.35. The number of hydrogen-bond acceptors (Lipinski definition) is 2. The average molecular weight is 232 g/mol. The van der Waals surface area contributed by atoms with Crippen molar-refractivity contribution >= 4 is 29.6 Å². The maximum Gasteiger partial charge on any atom is 0.417 e. The zero-order valence-corrected chi connectivity index (χ0v) is 9.18. The molecular weight excluding hydrogens is 222 g/mol. The number of carbonyl (C=O) groups is 1. The highest BCUT2D eigenvalue weighted by Gasteiger charge is 2.12. The van der Waals surface area contributed by atoms with Crippen molar-refractivity contribution in [2.24, 2.45) is 0 Å². The summed E-state index contributed by atoms with van der Waals surface area (Å²) in [6, 6.07) is 7.16. The molecule has 0 aliphatic carbocycles. The van der Waals surface area contributed by atoms with Gasteiger partial charge < -0.3 is 5.11 Å². The highest BCUT2D eigenvalue weighted by molar-refractivity contribution is 7.97. The number of hydrogen-bond donors (Lipinski definition) is 1. The standard InChI is InChI=1S/C9H10ClNO2S/c1-2-11(9(12)13)14-8-6-4-3-5-7(8)10/h3-6H,2H2,1H3,(H,12,13). The number of nitrogens with zero attached hydrogens (tertiary/aromatic N) is 1. The number of halogens is 1. The minimum atomic E-state index is -0.961. The molecule has 1 aromatic rings. The van der Waals surface area contributed by atoms with Crippen molar-refractivity contribution in [3.63, 3.8) is 0 Å². The first-order valence-electron chi connectivity index (χ1n) is 4.08. The Labute approximate surface area is 91.8 Å². The van der Waals surface area contributed by atoms with Crippen LogP contribution in [0.3, 0.4) is 0 Å². The van der Waals surface area contributed by atoms with E-state index in [-0.39, 0.29) is 0 Å². The Morgan fingerprint density at radius 2 is 2.21 bits per heavy atom. The van der Waals surface area contributed by atoms with E-state index in [1.165, 1.54) is 4.31 Å². The minimum Gasteiger partial charge on any atom is -0.464 e. The van der Waals surface area contributed by atoms with Gasteiger partial charge in [0.1, 0.15) is 0 Å². The van der Waals surface area contributed by atoms with Crippen LogP contribution >= 0.6 is 23.5 Å². The fourth-order valence-corrected chi connectivity index (χ4v) is 1.85. The topological polar surface area (TPSA) is 40.5 Å². The van der Waals surface area contributed by atoms with Gasteiger partial charge in [0, 0.05) is 11.4 Å². The summed E-state index contributed by atoms with van der Waals surface area (Å²) in [5.41, 5.74) is 0. The molecule has 3 nitrogen and oxygen atoms in total. The second-order valence-electron chi connectivity index (χ2n) is 2.50. The van der Waals surface area contributed by atoms with Crippen molar-refractivity contribution in [3.05, 3.63) is 29.3 Å². The number of amides is 1. The Bertz CT molecular complexity index is 332. The van der Waals surface area contributed by atoms with Gasteiger partial charge in [0.05, 0.1) is 5.02 Å². The third-order valence-electron chi connectivity index (χ3n) is 1.55. The Balaban J connectivity index is 2.77. The van der Waals surface area contributed by atoms with Crippen molar-refractivity contribution in [1.29, 1.82) is 0 Å². The Morgan fingerprint density at radius 3 is 2.71 bits per heavy atom. The van der Waals surface area contributed by atoms with Gasteiger partial charge >= 0.3 is 6.09 Å². The van der Waals surface area contributed by atoms with E-state index in [0.29, 0.717) is 11.6 Å². The molecule has 1 aromatic carbocycles. The second-order valence-corrected chi connectivity index (χ2v) is 3.97. The van der Waals surface area contributed by atoms with Gasteiger partial charge in [0.25, 0.3) is 0 Å². The monoisotopic (exact) mass is 231 g/mol. The highest BCUT2D eigenvalue weighted by Crippen LogP contribution is 2.29. The summed E-state index contributed by atoms with van der Waals surface area (Å²) in [6.45, 7) is 2.20. The van der Waals surface area contributed by atoms with Gasteiger partial charge in [-0.15, -0.1) is 0 Å². The maximum atomic E-state index is 10.7. The molecule has 0 saturated carbocycles. The molecule has 0 saturated heterocycles. The third-order valence-corrected chi connectivity index (χ3v) is 3.17. The molecule has 0 radical (unpaired) electrons. The third kappa shape index (κ3) is 2.82. The Morgan fingerprint density at radius 1 is 1.57 bits per heavy atom. The fourth-order valence-electron chi connectivity index (χ4n) is 0.876. The van der Waals surface area contributed by atoms with Crippen molar-refractivity contribution in [3.8, 4) is 0 Å². The van der Waals surface area contributed by atoms with Crippen LogP contribution in [-0.2, 0) is 0 Å². The van der Waals surface area contributed by atoms with E-state index < -0.39 is 6.09 Å². The van der Waals surface area contributed by atoms with Gasteiger partial charge in [0.15, 0.2) is 0 Å². The van der Waals surface area contributed by atoms with Crippen LogP contribution in [0.25, 0.3) is 0 Å². The van der Waals surface area contributed by atoms with Crippen LogP contribution in [0, 0.1) is 0 Å². The molecule has 0 aliphatic rings. The first-order valence-corrected chi connectivity index (χ1v) is 5.23. The normalized spacial score (nSPS) is 9.86. The summed E-state index contributed by atoms with van der Waals surface area (Å²) in [4.78, 5) is 11.5. The van der Waals surface area contributed by atoms with E-state index in [1.54, 1.807) is 19.1 Å². The van der Waals surface area contributed by atoms with Crippen LogP contribution in [0.4, 0.5) is 4.79 Å². The molecule has 0 heterocycles. The summed E-state index contributed by atoms with van der Waals surface area (Å²) in [6.07, 6.45) is -0.961. The van der Waals surface area contributed by atoms with Gasteiger partial charge in [-0.1, -0.05) is 23.7 Å². The molecule has 14 heavy (non-hydrogen) atoms. The van der Waals surface area contributed by atoms with Gasteiger partial charge in [-0.25, -0.2) is 9.10 Å². The van der Waals surface area contributed by atoms with E-state index in [9.17, 15) is 4.79 Å². The predicted molar refractivity (Wildman–Crippen MR) is 57.7 cm³/mol. The zero-order chi connectivity index (χ0) is 10.6.